The van der Waals surface area contributed by atoms with Crippen molar-refractivity contribution in [3.05, 3.63) is 60.2 Å². The van der Waals surface area contributed by atoms with E-state index in [-0.39, 0.29) is 11.8 Å². The molecule has 0 saturated heterocycles. The lowest BCUT2D eigenvalue weighted by Gasteiger charge is -2.11. The summed E-state index contributed by atoms with van der Waals surface area (Å²) in [7, 11) is 0. The summed E-state index contributed by atoms with van der Waals surface area (Å²) in [5.41, 5.74) is 2.00. The maximum atomic E-state index is 12.3. The monoisotopic (exact) mass is 281 g/mol. The average molecular weight is 281 g/mol. The van der Waals surface area contributed by atoms with Crippen LogP contribution in [-0.2, 0) is 4.79 Å². The molecule has 0 aliphatic heterocycles. The van der Waals surface area contributed by atoms with E-state index in [4.69, 9.17) is 4.74 Å². The largest absolute Gasteiger partial charge is 0.492 e. The minimum Gasteiger partial charge on any atom is -0.492 e. The van der Waals surface area contributed by atoms with Gasteiger partial charge in [-0.15, -0.1) is 0 Å². The van der Waals surface area contributed by atoms with Crippen molar-refractivity contribution in [2.45, 2.75) is 19.3 Å². The molecule has 1 saturated carbocycles. The van der Waals surface area contributed by atoms with Crippen LogP contribution in [0.25, 0.3) is 0 Å². The van der Waals surface area contributed by atoms with Crippen molar-refractivity contribution in [1.82, 2.24) is 0 Å². The number of hydrogen-bond acceptors (Lipinski definition) is 2. The Morgan fingerprint density at radius 3 is 2.62 bits per heavy atom. The molecule has 0 radical (unpaired) electrons. The molecule has 3 heteroatoms. The zero-order chi connectivity index (χ0) is 14.7. The van der Waals surface area contributed by atoms with Crippen molar-refractivity contribution in [2.24, 2.45) is 5.92 Å². The first-order valence-corrected chi connectivity index (χ1v) is 7.37. The molecule has 2 unspecified atom stereocenters. The third-order valence-corrected chi connectivity index (χ3v) is 3.80. The molecule has 0 spiro atoms. The van der Waals surface area contributed by atoms with Crippen molar-refractivity contribution >= 4 is 11.6 Å². The fraction of sp³-hybridized carbons (Fsp3) is 0.278. The van der Waals surface area contributed by atoms with Gasteiger partial charge in [-0.25, -0.2) is 0 Å². The van der Waals surface area contributed by atoms with E-state index in [0.29, 0.717) is 12.5 Å². The van der Waals surface area contributed by atoms with Crippen molar-refractivity contribution in [3.8, 4) is 5.75 Å². The second-order valence-corrected chi connectivity index (χ2v) is 5.28. The van der Waals surface area contributed by atoms with Crippen LogP contribution in [0.4, 0.5) is 5.69 Å². The number of amides is 1. The molecule has 0 aromatic heterocycles. The summed E-state index contributed by atoms with van der Waals surface area (Å²) in [5.74, 6) is 1.23. The fourth-order valence-corrected chi connectivity index (χ4v) is 2.63. The van der Waals surface area contributed by atoms with Gasteiger partial charge in [0.2, 0.25) is 5.91 Å². The summed E-state index contributed by atoms with van der Waals surface area (Å²) in [6.45, 7) is 2.52. The van der Waals surface area contributed by atoms with E-state index in [2.05, 4.69) is 17.4 Å². The molecule has 1 fully saturated rings. The molecule has 2 atom stereocenters. The molecule has 0 heterocycles. The minimum atomic E-state index is 0.0714. The van der Waals surface area contributed by atoms with Crippen molar-refractivity contribution in [3.63, 3.8) is 0 Å². The van der Waals surface area contributed by atoms with Crippen LogP contribution in [-0.4, -0.2) is 12.5 Å². The zero-order valence-electron chi connectivity index (χ0n) is 12.1. The van der Waals surface area contributed by atoms with E-state index in [9.17, 15) is 4.79 Å². The number of hydrogen-bond donors (Lipinski definition) is 1. The molecule has 2 aromatic rings. The number of carbonyl (C=O) groups excluding carboxylic acids is 1. The summed E-state index contributed by atoms with van der Waals surface area (Å²) in [4.78, 5) is 12.3. The van der Waals surface area contributed by atoms with Gasteiger partial charge in [-0.05, 0) is 37.0 Å². The van der Waals surface area contributed by atoms with E-state index in [0.717, 1.165) is 17.9 Å². The first-order valence-electron chi connectivity index (χ1n) is 7.37. The smallest absolute Gasteiger partial charge is 0.228 e. The number of anilines is 1. The summed E-state index contributed by atoms with van der Waals surface area (Å²) in [5, 5.41) is 2.99. The SMILES string of the molecule is CCOc1ccccc1NC(=O)C1CC1c1ccccc1. The first kappa shape index (κ1) is 13.7. The molecule has 1 N–H and O–H groups in total. The Morgan fingerprint density at radius 2 is 1.86 bits per heavy atom. The summed E-state index contributed by atoms with van der Waals surface area (Å²) in [6, 6.07) is 17.8. The molecule has 1 aliphatic rings. The van der Waals surface area contributed by atoms with E-state index in [1.165, 1.54) is 5.56 Å². The van der Waals surface area contributed by atoms with E-state index < -0.39 is 0 Å². The Labute approximate surface area is 124 Å². The van der Waals surface area contributed by atoms with Gasteiger partial charge >= 0.3 is 0 Å². The van der Waals surface area contributed by atoms with Crippen molar-refractivity contribution in [2.75, 3.05) is 11.9 Å². The van der Waals surface area contributed by atoms with Crippen LogP contribution in [0.3, 0.4) is 0 Å². The quantitative estimate of drug-likeness (QED) is 0.904. The Morgan fingerprint density at radius 1 is 1.14 bits per heavy atom. The van der Waals surface area contributed by atoms with Crippen LogP contribution in [0.15, 0.2) is 54.6 Å². The van der Waals surface area contributed by atoms with E-state index in [1.807, 2.05) is 49.4 Å². The molecule has 1 aliphatic carbocycles. The van der Waals surface area contributed by atoms with Crippen molar-refractivity contribution in [1.29, 1.82) is 0 Å². The second-order valence-electron chi connectivity index (χ2n) is 5.28. The lowest BCUT2D eigenvalue weighted by atomic mass is 10.1. The Kier molecular flexibility index (Phi) is 3.91. The van der Waals surface area contributed by atoms with Crippen molar-refractivity contribution < 1.29 is 9.53 Å². The van der Waals surface area contributed by atoms with Gasteiger partial charge in [-0.3, -0.25) is 4.79 Å². The van der Waals surface area contributed by atoms with Gasteiger partial charge in [0.05, 0.1) is 12.3 Å². The van der Waals surface area contributed by atoms with Crippen LogP contribution in [0.1, 0.15) is 24.8 Å². The highest BCUT2D eigenvalue weighted by atomic mass is 16.5. The van der Waals surface area contributed by atoms with E-state index >= 15 is 0 Å². The number of ether oxygens (including phenoxy) is 1. The molecule has 1 amide bonds. The molecular formula is C18H19NO2. The summed E-state index contributed by atoms with van der Waals surface area (Å²) < 4.78 is 5.53. The number of benzene rings is 2. The molecule has 21 heavy (non-hydrogen) atoms. The van der Waals surface area contributed by atoms with Crippen LogP contribution in [0.2, 0.25) is 0 Å². The van der Waals surface area contributed by atoms with Crippen LogP contribution < -0.4 is 10.1 Å². The lowest BCUT2D eigenvalue weighted by molar-refractivity contribution is -0.117. The van der Waals surface area contributed by atoms with Gasteiger partial charge < -0.3 is 10.1 Å². The molecule has 0 bridgehead atoms. The zero-order valence-corrected chi connectivity index (χ0v) is 12.1. The van der Waals surface area contributed by atoms with Crippen LogP contribution in [0, 0.1) is 5.92 Å². The highest BCUT2D eigenvalue weighted by molar-refractivity contribution is 5.96. The van der Waals surface area contributed by atoms with E-state index in [1.54, 1.807) is 0 Å². The standard InChI is InChI=1S/C18H19NO2/c1-2-21-17-11-7-6-10-16(17)19-18(20)15-12-14(15)13-8-4-3-5-9-13/h3-11,14-15H,2,12H2,1H3,(H,19,20). The van der Waals surface area contributed by atoms with Gasteiger partial charge in [0.1, 0.15) is 5.75 Å². The molecular weight excluding hydrogens is 262 g/mol. The lowest BCUT2D eigenvalue weighted by Crippen LogP contribution is -2.15. The maximum absolute atomic E-state index is 12.3. The highest BCUT2D eigenvalue weighted by Gasteiger charge is 2.43. The Balaban J connectivity index is 1.66. The predicted molar refractivity (Wildman–Crippen MR) is 83.5 cm³/mol. The first-order chi connectivity index (χ1) is 10.3. The topological polar surface area (TPSA) is 38.3 Å². The number of carbonyl (C=O) groups is 1. The average Bonchev–Trinajstić information content (AvgIpc) is 3.31. The summed E-state index contributed by atoms with van der Waals surface area (Å²) in [6.07, 6.45) is 0.923. The fourth-order valence-electron chi connectivity index (χ4n) is 2.63. The molecule has 3 rings (SSSR count). The Bertz CT molecular complexity index is 624. The molecule has 2 aromatic carbocycles. The minimum absolute atomic E-state index is 0.0714. The normalized spacial score (nSPS) is 19.9. The van der Waals surface area contributed by atoms with Gasteiger partial charge in [-0.2, -0.15) is 0 Å². The number of rotatable bonds is 5. The third kappa shape index (κ3) is 3.07. The molecule has 3 nitrogen and oxygen atoms in total. The second kappa shape index (κ2) is 6.00. The van der Waals surface area contributed by atoms with Gasteiger partial charge in [0.15, 0.2) is 0 Å². The number of para-hydroxylation sites is 2. The van der Waals surface area contributed by atoms with Crippen LogP contribution >= 0.6 is 0 Å². The summed E-state index contributed by atoms with van der Waals surface area (Å²) >= 11 is 0. The highest BCUT2D eigenvalue weighted by Crippen LogP contribution is 2.48. The van der Waals surface area contributed by atoms with Gasteiger partial charge in [-0.1, -0.05) is 42.5 Å². The third-order valence-electron chi connectivity index (χ3n) is 3.80. The number of nitrogens with one attached hydrogen (secondary N) is 1. The maximum Gasteiger partial charge on any atom is 0.228 e. The Hall–Kier alpha value is -2.29. The van der Waals surface area contributed by atoms with Crippen LogP contribution in [0.5, 0.6) is 5.75 Å². The molecule has 108 valence electrons. The predicted octanol–water partition coefficient (Wildman–Crippen LogP) is 3.83. The van der Waals surface area contributed by atoms with Gasteiger partial charge in [0, 0.05) is 5.92 Å². The van der Waals surface area contributed by atoms with Gasteiger partial charge in [0.25, 0.3) is 0 Å².